The van der Waals surface area contributed by atoms with Crippen molar-refractivity contribution in [3.8, 4) is 17.2 Å². The predicted molar refractivity (Wildman–Crippen MR) is 131 cm³/mol. The van der Waals surface area contributed by atoms with Gasteiger partial charge in [-0.2, -0.15) is 0 Å². The van der Waals surface area contributed by atoms with E-state index in [-0.39, 0.29) is 16.7 Å². The summed E-state index contributed by atoms with van der Waals surface area (Å²) in [6.07, 6.45) is 3.08. The maximum Gasteiger partial charge on any atom is 0.382 e. The third kappa shape index (κ3) is 7.10. The Morgan fingerprint density at radius 3 is 2.25 bits per heavy atom. The second kappa shape index (κ2) is 13.8. The van der Waals surface area contributed by atoms with Crippen LogP contribution in [0.4, 0.5) is 0 Å². The first-order chi connectivity index (χ1) is 17.4. The third-order valence-electron chi connectivity index (χ3n) is 6.41. The van der Waals surface area contributed by atoms with Gasteiger partial charge in [-0.05, 0) is 18.6 Å². The zero-order valence-corrected chi connectivity index (χ0v) is 20.7. The molecule has 2 heterocycles. The van der Waals surface area contributed by atoms with Crippen LogP contribution < -0.4 is 15.1 Å². The van der Waals surface area contributed by atoms with E-state index in [0.29, 0.717) is 12.4 Å². The van der Waals surface area contributed by atoms with Gasteiger partial charge in [-0.15, -0.1) is 0 Å². The van der Waals surface area contributed by atoms with Crippen molar-refractivity contribution < 1.29 is 44.2 Å². The van der Waals surface area contributed by atoms with E-state index in [0.717, 1.165) is 12.8 Å². The van der Waals surface area contributed by atoms with Crippen LogP contribution in [0.15, 0.2) is 27.4 Å². The largest absolute Gasteiger partial charge is 0.499 e. The average molecular weight is 511 g/mol. The van der Waals surface area contributed by atoms with Crippen LogP contribution in [0.2, 0.25) is 0 Å². The van der Waals surface area contributed by atoms with Gasteiger partial charge in [-0.25, -0.2) is 4.79 Å². The van der Waals surface area contributed by atoms with E-state index in [1.807, 2.05) is 0 Å². The number of aliphatic hydroxyl groups excluding tert-OH is 4. The summed E-state index contributed by atoms with van der Waals surface area (Å²) in [7, 11) is 0. The monoisotopic (exact) mass is 510 g/mol. The molecule has 1 aliphatic rings. The maximum absolute atomic E-state index is 12.2. The molecule has 36 heavy (non-hydrogen) atoms. The minimum Gasteiger partial charge on any atom is -0.499 e. The summed E-state index contributed by atoms with van der Waals surface area (Å²) in [5.41, 5.74) is -0.986. The molecule has 202 valence electrons. The van der Waals surface area contributed by atoms with Crippen LogP contribution in [0, 0.1) is 0 Å². The van der Waals surface area contributed by atoms with E-state index < -0.39 is 48.7 Å². The van der Waals surface area contributed by atoms with E-state index >= 15 is 0 Å². The fraction of sp³-hybridized carbons (Fsp3) is 0.654. The number of ether oxygens (including phenoxy) is 3. The summed E-state index contributed by atoms with van der Waals surface area (Å²) in [5.74, 6) is -0.686. The van der Waals surface area contributed by atoms with Crippen molar-refractivity contribution in [1.29, 1.82) is 0 Å². The SMILES string of the molecule is CCCCCCCCCCCOc1ccc2c(O[C@@H]3O[C@H](CO)[C@@H](O)[C@H](O)[C@H]3O)c(O)c(=O)oc2c1. The molecule has 0 bridgehead atoms. The van der Waals surface area contributed by atoms with Crippen molar-refractivity contribution in [2.24, 2.45) is 0 Å². The van der Waals surface area contributed by atoms with Crippen LogP contribution in [0.25, 0.3) is 11.0 Å². The molecule has 10 nitrogen and oxygen atoms in total. The third-order valence-corrected chi connectivity index (χ3v) is 6.41. The highest BCUT2D eigenvalue weighted by Crippen LogP contribution is 2.36. The van der Waals surface area contributed by atoms with Gasteiger partial charge in [0.25, 0.3) is 0 Å². The van der Waals surface area contributed by atoms with Gasteiger partial charge in [0, 0.05) is 6.07 Å². The number of hydrogen-bond acceptors (Lipinski definition) is 10. The summed E-state index contributed by atoms with van der Waals surface area (Å²) in [4.78, 5) is 12.2. The van der Waals surface area contributed by atoms with Crippen molar-refractivity contribution in [2.75, 3.05) is 13.2 Å². The molecule has 0 radical (unpaired) electrons. The number of fused-ring (bicyclic) bond motifs is 1. The Labute approximate surface area is 210 Å². The molecule has 3 rings (SSSR count). The lowest BCUT2D eigenvalue weighted by molar-refractivity contribution is -0.277. The number of aromatic hydroxyl groups is 1. The zero-order valence-electron chi connectivity index (χ0n) is 20.7. The van der Waals surface area contributed by atoms with E-state index in [2.05, 4.69) is 6.92 Å². The van der Waals surface area contributed by atoms with Crippen LogP contribution in [-0.2, 0) is 4.74 Å². The highest BCUT2D eigenvalue weighted by molar-refractivity contribution is 5.86. The van der Waals surface area contributed by atoms with Crippen molar-refractivity contribution in [3.05, 3.63) is 28.6 Å². The average Bonchev–Trinajstić information content (AvgIpc) is 2.87. The van der Waals surface area contributed by atoms with Gasteiger partial charge in [0.1, 0.15) is 35.7 Å². The summed E-state index contributed by atoms with van der Waals surface area (Å²) in [6.45, 7) is 2.08. The topological polar surface area (TPSA) is 159 Å². The van der Waals surface area contributed by atoms with E-state index in [1.165, 1.54) is 57.1 Å². The lowest BCUT2D eigenvalue weighted by atomic mass is 9.99. The smallest absolute Gasteiger partial charge is 0.382 e. The minimum absolute atomic E-state index is 0.0852. The number of hydrogen-bond donors (Lipinski definition) is 5. The lowest BCUT2D eigenvalue weighted by Crippen LogP contribution is -2.60. The molecule has 0 spiro atoms. The zero-order chi connectivity index (χ0) is 26.1. The molecule has 1 fully saturated rings. The van der Waals surface area contributed by atoms with Crippen LogP contribution in [0.5, 0.6) is 17.2 Å². The Morgan fingerprint density at radius 1 is 0.917 bits per heavy atom. The molecule has 0 unspecified atom stereocenters. The Balaban J connectivity index is 1.60. The second-order valence-corrected chi connectivity index (χ2v) is 9.22. The fourth-order valence-electron chi connectivity index (χ4n) is 4.24. The first-order valence-corrected chi connectivity index (χ1v) is 12.8. The molecule has 0 aliphatic carbocycles. The Kier molecular flexibility index (Phi) is 10.8. The van der Waals surface area contributed by atoms with Crippen molar-refractivity contribution in [2.45, 2.75) is 95.4 Å². The van der Waals surface area contributed by atoms with Crippen molar-refractivity contribution in [3.63, 3.8) is 0 Å². The second-order valence-electron chi connectivity index (χ2n) is 9.22. The van der Waals surface area contributed by atoms with Gasteiger partial charge >= 0.3 is 5.63 Å². The summed E-state index contributed by atoms with van der Waals surface area (Å²) in [6, 6.07) is 4.67. The van der Waals surface area contributed by atoms with Crippen LogP contribution in [0.3, 0.4) is 0 Å². The van der Waals surface area contributed by atoms with Gasteiger partial charge < -0.3 is 44.2 Å². The first kappa shape index (κ1) is 28.2. The number of benzene rings is 1. The highest BCUT2D eigenvalue weighted by atomic mass is 16.7. The first-order valence-electron chi connectivity index (χ1n) is 12.8. The van der Waals surface area contributed by atoms with Gasteiger partial charge in [-0.3, -0.25) is 0 Å². The van der Waals surface area contributed by atoms with Crippen molar-refractivity contribution in [1.82, 2.24) is 0 Å². The quantitative estimate of drug-likeness (QED) is 0.189. The highest BCUT2D eigenvalue weighted by Gasteiger charge is 2.45. The van der Waals surface area contributed by atoms with Crippen LogP contribution >= 0.6 is 0 Å². The fourth-order valence-corrected chi connectivity index (χ4v) is 4.24. The molecule has 5 N–H and O–H groups in total. The molecule has 5 atom stereocenters. The van der Waals surface area contributed by atoms with E-state index in [1.54, 1.807) is 6.07 Å². The molecule has 1 aromatic carbocycles. The number of unbranched alkanes of at least 4 members (excludes halogenated alkanes) is 8. The standard InChI is InChI=1S/C26H38O10/c1-2-3-4-5-6-7-8-9-10-13-33-16-11-12-17-18(14-16)34-25(32)23(31)24(17)36-26-22(30)21(29)20(28)19(15-27)35-26/h11-12,14,19-22,26-31H,2-10,13,15H2,1H3/t19-,20-,21+,22-,26+/m1/s1. The molecule has 2 aromatic rings. The minimum atomic E-state index is -1.71. The molecular weight excluding hydrogens is 472 g/mol. The molecule has 0 saturated carbocycles. The molecule has 10 heteroatoms. The summed E-state index contributed by atoms with van der Waals surface area (Å²) in [5, 5.41) is 50.0. The summed E-state index contributed by atoms with van der Waals surface area (Å²) >= 11 is 0. The lowest BCUT2D eigenvalue weighted by Gasteiger charge is -2.39. The van der Waals surface area contributed by atoms with Crippen LogP contribution in [0.1, 0.15) is 64.7 Å². The predicted octanol–water partition coefficient (Wildman–Crippen LogP) is 2.59. The summed E-state index contributed by atoms with van der Waals surface area (Å²) < 4.78 is 21.8. The van der Waals surface area contributed by atoms with Gasteiger partial charge in [0.2, 0.25) is 12.0 Å². The normalized spacial score (nSPS) is 24.2. The Morgan fingerprint density at radius 2 is 1.58 bits per heavy atom. The van der Waals surface area contributed by atoms with Crippen LogP contribution in [-0.4, -0.2) is 69.5 Å². The van der Waals surface area contributed by atoms with E-state index in [9.17, 15) is 30.3 Å². The Hall–Kier alpha value is -2.37. The van der Waals surface area contributed by atoms with Gasteiger partial charge in [0.05, 0.1) is 18.6 Å². The molecule has 1 saturated heterocycles. The van der Waals surface area contributed by atoms with Crippen molar-refractivity contribution >= 4 is 11.0 Å². The molecular formula is C26H38O10. The Bertz CT molecular complexity index is 1000. The van der Waals surface area contributed by atoms with Gasteiger partial charge in [-0.1, -0.05) is 58.3 Å². The molecule has 0 amide bonds. The number of aliphatic hydroxyl groups is 4. The van der Waals surface area contributed by atoms with Gasteiger partial charge in [0.15, 0.2) is 5.75 Å². The maximum atomic E-state index is 12.2. The van der Waals surface area contributed by atoms with E-state index in [4.69, 9.17) is 18.6 Å². The molecule has 1 aliphatic heterocycles. The number of rotatable bonds is 14. The molecule has 1 aromatic heterocycles.